The number of nitrogens with one attached hydrogen (secondary N) is 1. The Kier molecular flexibility index (Phi) is 5.85. The maximum Gasteiger partial charge on any atom is 0.224 e. The standard InChI is InChI=1S/C19H28N6O/c1-4-5-8-21-19(26)16-7-6-9-24(13-16)17-11-20-12-18(22-17)25-15(3)10-14(2)23-25/h10-12,16H,4-9,13H2,1-3H3,(H,21,26). The van der Waals surface area contributed by atoms with Gasteiger partial charge >= 0.3 is 0 Å². The topological polar surface area (TPSA) is 75.9 Å². The molecule has 0 aromatic carbocycles. The highest BCUT2D eigenvalue weighted by molar-refractivity contribution is 5.79. The average molecular weight is 356 g/mol. The molecule has 0 spiro atoms. The smallest absolute Gasteiger partial charge is 0.224 e. The van der Waals surface area contributed by atoms with Crippen molar-refractivity contribution in [3.8, 4) is 5.82 Å². The summed E-state index contributed by atoms with van der Waals surface area (Å²) in [5.41, 5.74) is 1.98. The lowest BCUT2D eigenvalue weighted by molar-refractivity contribution is -0.125. The fourth-order valence-electron chi connectivity index (χ4n) is 3.39. The van der Waals surface area contributed by atoms with Gasteiger partial charge in [-0.05, 0) is 39.2 Å². The number of aryl methyl sites for hydroxylation is 2. The van der Waals surface area contributed by atoms with Crippen LogP contribution in [0.5, 0.6) is 0 Å². The average Bonchev–Trinajstić information content (AvgIpc) is 3.00. The van der Waals surface area contributed by atoms with Gasteiger partial charge < -0.3 is 10.2 Å². The number of piperidine rings is 1. The molecule has 26 heavy (non-hydrogen) atoms. The fraction of sp³-hybridized carbons (Fsp3) is 0.579. The van der Waals surface area contributed by atoms with Crippen LogP contribution < -0.4 is 10.2 Å². The minimum absolute atomic E-state index is 0.0137. The Morgan fingerprint density at radius 3 is 2.85 bits per heavy atom. The zero-order valence-electron chi connectivity index (χ0n) is 15.9. The van der Waals surface area contributed by atoms with Crippen LogP contribution in [-0.4, -0.2) is 45.3 Å². The highest BCUT2D eigenvalue weighted by atomic mass is 16.1. The summed E-state index contributed by atoms with van der Waals surface area (Å²) in [7, 11) is 0. The van der Waals surface area contributed by atoms with Crippen LogP contribution in [0, 0.1) is 19.8 Å². The molecule has 1 unspecified atom stereocenters. The lowest BCUT2D eigenvalue weighted by Crippen LogP contribution is -2.43. The van der Waals surface area contributed by atoms with Gasteiger partial charge in [0.15, 0.2) is 5.82 Å². The molecule has 1 N–H and O–H groups in total. The minimum atomic E-state index is 0.0137. The van der Waals surface area contributed by atoms with Crippen LogP contribution in [0.25, 0.3) is 5.82 Å². The molecule has 2 aromatic rings. The quantitative estimate of drug-likeness (QED) is 0.805. The van der Waals surface area contributed by atoms with Gasteiger partial charge in [0.1, 0.15) is 5.82 Å². The van der Waals surface area contributed by atoms with Crippen molar-refractivity contribution < 1.29 is 4.79 Å². The largest absolute Gasteiger partial charge is 0.356 e. The van der Waals surface area contributed by atoms with E-state index in [4.69, 9.17) is 4.98 Å². The van der Waals surface area contributed by atoms with Crippen molar-refractivity contribution in [2.24, 2.45) is 5.92 Å². The van der Waals surface area contributed by atoms with Crippen molar-refractivity contribution in [3.63, 3.8) is 0 Å². The molecule has 3 heterocycles. The summed E-state index contributed by atoms with van der Waals surface area (Å²) in [6.07, 6.45) is 7.52. The van der Waals surface area contributed by atoms with Gasteiger partial charge in [0, 0.05) is 25.3 Å². The Balaban J connectivity index is 1.71. The number of carbonyl (C=O) groups is 1. The monoisotopic (exact) mass is 356 g/mol. The predicted molar refractivity (Wildman–Crippen MR) is 101 cm³/mol. The minimum Gasteiger partial charge on any atom is -0.356 e. The number of hydrogen-bond acceptors (Lipinski definition) is 5. The molecule has 0 saturated carbocycles. The molecule has 1 amide bonds. The molecule has 3 rings (SSSR count). The van der Waals surface area contributed by atoms with Crippen molar-refractivity contribution in [2.45, 2.75) is 46.5 Å². The summed E-state index contributed by atoms with van der Waals surface area (Å²) in [5.74, 6) is 1.69. The molecule has 1 fully saturated rings. The highest BCUT2D eigenvalue weighted by Crippen LogP contribution is 2.22. The summed E-state index contributed by atoms with van der Waals surface area (Å²) < 4.78 is 1.81. The van der Waals surface area contributed by atoms with Crippen molar-refractivity contribution in [3.05, 3.63) is 29.8 Å². The molecule has 140 valence electrons. The Morgan fingerprint density at radius 1 is 1.31 bits per heavy atom. The molecule has 1 saturated heterocycles. The molecule has 7 heteroatoms. The van der Waals surface area contributed by atoms with Crippen LogP contribution in [0.15, 0.2) is 18.5 Å². The second-order valence-corrected chi connectivity index (χ2v) is 7.00. The van der Waals surface area contributed by atoms with Crippen LogP contribution >= 0.6 is 0 Å². The lowest BCUT2D eigenvalue weighted by Gasteiger charge is -2.32. The number of rotatable bonds is 6. The number of nitrogens with zero attached hydrogens (tertiary/aromatic N) is 5. The van der Waals surface area contributed by atoms with Crippen LogP contribution in [0.4, 0.5) is 5.82 Å². The maximum absolute atomic E-state index is 12.4. The van der Waals surface area contributed by atoms with E-state index in [2.05, 4.69) is 27.2 Å². The van der Waals surface area contributed by atoms with E-state index in [0.717, 1.165) is 56.0 Å². The predicted octanol–water partition coefficient (Wildman–Crippen LogP) is 2.41. The first kappa shape index (κ1) is 18.4. The third-order valence-electron chi connectivity index (χ3n) is 4.78. The van der Waals surface area contributed by atoms with Crippen LogP contribution in [0.2, 0.25) is 0 Å². The summed E-state index contributed by atoms with van der Waals surface area (Å²) in [5, 5.41) is 7.54. The lowest BCUT2D eigenvalue weighted by atomic mass is 9.97. The molecule has 7 nitrogen and oxygen atoms in total. The van der Waals surface area contributed by atoms with E-state index in [1.807, 2.05) is 24.6 Å². The van der Waals surface area contributed by atoms with Gasteiger partial charge in [-0.15, -0.1) is 0 Å². The zero-order chi connectivity index (χ0) is 18.5. The van der Waals surface area contributed by atoms with Crippen LogP contribution in [0.1, 0.15) is 44.0 Å². The SMILES string of the molecule is CCCCNC(=O)C1CCCN(c2cncc(-n3nc(C)cc3C)n2)C1. The second-order valence-electron chi connectivity index (χ2n) is 7.00. The van der Waals surface area contributed by atoms with E-state index in [0.29, 0.717) is 12.4 Å². The molecule has 1 aliphatic rings. The van der Waals surface area contributed by atoms with Crippen molar-refractivity contribution in [1.82, 2.24) is 25.1 Å². The first-order valence-corrected chi connectivity index (χ1v) is 9.47. The molecule has 2 aromatic heterocycles. The number of anilines is 1. The summed E-state index contributed by atoms with van der Waals surface area (Å²) >= 11 is 0. The highest BCUT2D eigenvalue weighted by Gasteiger charge is 2.26. The third-order valence-corrected chi connectivity index (χ3v) is 4.78. The zero-order valence-corrected chi connectivity index (χ0v) is 15.9. The summed E-state index contributed by atoms with van der Waals surface area (Å²) in [6, 6.07) is 2.02. The number of carbonyl (C=O) groups excluding carboxylic acids is 1. The number of hydrogen-bond donors (Lipinski definition) is 1. The Labute approximate surface area is 154 Å². The molecule has 0 bridgehead atoms. The first-order chi connectivity index (χ1) is 12.6. The van der Waals surface area contributed by atoms with Crippen molar-refractivity contribution in [2.75, 3.05) is 24.5 Å². The Hall–Kier alpha value is -2.44. The Morgan fingerprint density at radius 2 is 2.12 bits per heavy atom. The first-order valence-electron chi connectivity index (χ1n) is 9.47. The number of unbranched alkanes of at least 4 members (excludes halogenated alkanes) is 1. The van der Waals surface area contributed by atoms with Gasteiger partial charge in [0.2, 0.25) is 5.91 Å². The maximum atomic E-state index is 12.4. The summed E-state index contributed by atoms with van der Waals surface area (Å²) in [4.78, 5) is 23.7. The van der Waals surface area contributed by atoms with E-state index in [-0.39, 0.29) is 11.8 Å². The van der Waals surface area contributed by atoms with Gasteiger partial charge in [-0.1, -0.05) is 13.3 Å². The fourth-order valence-corrected chi connectivity index (χ4v) is 3.39. The summed E-state index contributed by atoms with van der Waals surface area (Å²) in [6.45, 7) is 8.45. The number of amides is 1. The molecular formula is C19H28N6O. The van der Waals surface area contributed by atoms with Crippen molar-refractivity contribution in [1.29, 1.82) is 0 Å². The van der Waals surface area contributed by atoms with Gasteiger partial charge in [-0.3, -0.25) is 9.78 Å². The van der Waals surface area contributed by atoms with Crippen LogP contribution in [0.3, 0.4) is 0 Å². The van der Waals surface area contributed by atoms with E-state index in [1.54, 1.807) is 12.4 Å². The van der Waals surface area contributed by atoms with E-state index >= 15 is 0 Å². The van der Waals surface area contributed by atoms with E-state index in [1.165, 1.54) is 0 Å². The molecule has 0 aliphatic carbocycles. The second kappa shape index (κ2) is 8.29. The van der Waals surface area contributed by atoms with Gasteiger partial charge in [0.05, 0.1) is 24.0 Å². The molecule has 0 radical (unpaired) electrons. The van der Waals surface area contributed by atoms with Gasteiger partial charge in [0.25, 0.3) is 0 Å². The number of aromatic nitrogens is 4. The molecule has 1 aliphatic heterocycles. The van der Waals surface area contributed by atoms with Crippen LogP contribution in [-0.2, 0) is 4.79 Å². The van der Waals surface area contributed by atoms with E-state index in [9.17, 15) is 4.79 Å². The molecular weight excluding hydrogens is 328 g/mol. The Bertz CT molecular complexity index is 756. The third kappa shape index (κ3) is 4.20. The normalized spacial score (nSPS) is 17.3. The van der Waals surface area contributed by atoms with Gasteiger partial charge in [-0.25, -0.2) is 9.67 Å². The van der Waals surface area contributed by atoms with Gasteiger partial charge in [-0.2, -0.15) is 5.10 Å². The van der Waals surface area contributed by atoms with Crippen molar-refractivity contribution >= 4 is 11.7 Å². The molecule has 1 atom stereocenters. The van der Waals surface area contributed by atoms with E-state index < -0.39 is 0 Å².